The van der Waals surface area contributed by atoms with E-state index in [2.05, 4.69) is 59.9 Å². The molecule has 0 aliphatic rings. The lowest BCUT2D eigenvalue weighted by atomic mass is 10.0. The molecule has 0 unspecified atom stereocenters. The van der Waals surface area contributed by atoms with Crippen LogP contribution in [0, 0.1) is 0 Å². The Labute approximate surface area is 151 Å². The fraction of sp³-hybridized carbons (Fsp3) is 0.0435. The van der Waals surface area contributed by atoms with Gasteiger partial charge in [0, 0.05) is 28.7 Å². The molecule has 26 heavy (non-hydrogen) atoms. The molecule has 0 saturated carbocycles. The lowest BCUT2D eigenvalue weighted by molar-refractivity contribution is 0.669. The van der Waals surface area contributed by atoms with Crippen LogP contribution in [-0.4, -0.2) is 0 Å². The zero-order valence-corrected chi connectivity index (χ0v) is 14.2. The Bertz CT molecular complexity index is 1250. The molecule has 0 saturated heterocycles. The number of nitrogen functional groups attached to an aromatic ring is 1. The quantitative estimate of drug-likeness (QED) is 0.401. The number of fused-ring (bicyclic) bond motifs is 4. The van der Waals surface area contributed by atoms with E-state index in [9.17, 15) is 0 Å². The first-order valence-corrected chi connectivity index (χ1v) is 8.70. The minimum Gasteiger partial charge on any atom is -0.456 e. The minimum absolute atomic E-state index is 0.745. The molecule has 3 heteroatoms. The highest BCUT2D eigenvalue weighted by atomic mass is 16.3. The van der Waals surface area contributed by atoms with Crippen molar-refractivity contribution in [2.45, 2.75) is 6.54 Å². The van der Waals surface area contributed by atoms with Gasteiger partial charge in [-0.3, -0.25) is 0 Å². The molecule has 3 N–H and O–H groups in total. The van der Waals surface area contributed by atoms with E-state index in [1.807, 2.05) is 24.3 Å². The molecule has 1 aromatic heterocycles. The maximum atomic E-state index is 5.94. The molecule has 5 rings (SSSR count). The summed E-state index contributed by atoms with van der Waals surface area (Å²) < 4.78 is 5.90. The molecule has 126 valence electrons. The highest BCUT2D eigenvalue weighted by Crippen LogP contribution is 2.32. The van der Waals surface area contributed by atoms with Crippen molar-refractivity contribution < 1.29 is 4.42 Å². The van der Waals surface area contributed by atoms with Crippen molar-refractivity contribution in [1.82, 2.24) is 0 Å². The molecule has 0 bridgehead atoms. The fourth-order valence-electron chi connectivity index (χ4n) is 3.55. The van der Waals surface area contributed by atoms with Crippen LogP contribution in [-0.2, 0) is 6.54 Å². The van der Waals surface area contributed by atoms with Gasteiger partial charge in [-0.25, -0.2) is 0 Å². The Morgan fingerprint density at radius 1 is 0.731 bits per heavy atom. The fourth-order valence-corrected chi connectivity index (χ4v) is 3.55. The Kier molecular flexibility index (Phi) is 3.32. The number of nitrogens with one attached hydrogen (secondary N) is 1. The minimum atomic E-state index is 0.745. The summed E-state index contributed by atoms with van der Waals surface area (Å²) in [5.41, 5.74) is 10.8. The number of hydrogen-bond acceptors (Lipinski definition) is 3. The van der Waals surface area contributed by atoms with E-state index in [4.69, 9.17) is 10.2 Å². The highest BCUT2D eigenvalue weighted by molar-refractivity contribution is 6.07. The molecule has 5 aromatic rings. The molecule has 3 nitrogen and oxygen atoms in total. The summed E-state index contributed by atoms with van der Waals surface area (Å²) in [6.45, 7) is 0.769. The summed E-state index contributed by atoms with van der Waals surface area (Å²) in [6.07, 6.45) is 0. The summed E-state index contributed by atoms with van der Waals surface area (Å²) in [5.74, 6) is 0. The number of anilines is 2. The van der Waals surface area contributed by atoms with Crippen LogP contribution in [0.3, 0.4) is 0 Å². The van der Waals surface area contributed by atoms with Gasteiger partial charge in [0.2, 0.25) is 0 Å². The topological polar surface area (TPSA) is 51.2 Å². The van der Waals surface area contributed by atoms with Gasteiger partial charge in [0.15, 0.2) is 0 Å². The number of furan rings is 1. The van der Waals surface area contributed by atoms with Gasteiger partial charge in [0.25, 0.3) is 0 Å². The third kappa shape index (κ3) is 2.45. The van der Waals surface area contributed by atoms with Crippen LogP contribution in [0.25, 0.3) is 32.7 Å². The summed E-state index contributed by atoms with van der Waals surface area (Å²) >= 11 is 0. The Morgan fingerprint density at radius 2 is 1.50 bits per heavy atom. The van der Waals surface area contributed by atoms with Gasteiger partial charge in [-0.15, -0.1) is 0 Å². The van der Waals surface area contributed by atoms with Crippen molar-refractivity contribution in [3.8, 4) is 0 Å². The van der Waals surface area contributed by atoms with Gasteiger partial charge >= 0.3 is 0 Å². The summed E-state index contributed by atoms with van der Waals surface area (Å²) in [6, 6.07) is 26.8. The third-order valence-electron chi connectivity index (χ3n) is 4.86. The molecule has 4 aromatic carbocycles. The van der Waals surface area contributed by atoms with Crippen molar-refractivity contribution >= 4 is 44.1 Å². The molecule has 0 spiro atoms. The van der Waals surface area contributed by atoms with Crippen molar-refractivity contribution in [1.29, 1.82) is 0 Å². The normalized spacial score (nSPS) is 11.4. The van der Waals surface area contributed by atoms with Crippen LogP contribution in [0.2, 0.25) is 0 Å². The predicted molar refractivity (Wildman–Crippen MR) is 109 cm³/mol. The summed E-state index contributed by atoms with van der Waals surface area (Å²) in [4.78, 5) is 0. The van der Waals surface area contributed by atoms with E-state index in [0.29, 0.717) is 0 Å². The van der Waals surface area contributed by atoms with Gasteiger partial charge in [0.1, 0.15) is 11.2 Å². The lowest BCUT2D eigenvalue weighted by Crippen LogP contribution is -1.99. The first-order valence-electron chi connectivity index (χ1n) is 8.70. The first-order chi connectivity index (χ1) is 12.8. The predicted octanol–water partition coefficient (Wildman–Crippen LogP) is 5.93. The smallest absolute Gasteiger partial charge is 0.135 e. The van der Waals surface area contributed by atoms with Gasteiger partial charge < -0.3 is 15.5 Å². The molecular weight excluding hydrogens is 320 g/mol. The molecule has 0 atom stereocenters. The van der Waals surface area contributed by atoms with Gasteiger partial charge in [-0.05, 0) is 52.7 Å². The maximum Gasteiger partial charge on any atom is 0.135 e. The largest absolute Gasteiger partial charge is 0.456 e. The number of benzene rings is 4. The van der Waals surface area contributed by atoms with Gasteiger partial charge in [-0.1, -0.05) is 42.5 Å². The van der Waals surface area contributed by atoms with E-state index in [-0.39, 0.29) is 0 Å². The summed E-state index contributed by atoms with van der Waals surface area (Å²) in [7, 11) is 0. The average molecular weight is 338 g/mol. The van der Waals surface area contributed by atoms with Crippen LogP contribution in [0.4, 0.5) is 11.4 Å². The Morgan fingerprint density at radius 3 is 2.42 bits per heavy atom. The second-order valence-corrected chi connectivity index (χ2v) is 6.56. The van der Waals surface area contributed by atoms with Gasteiger partial charge in [0.05, 0.1) is 0 Å². The molecule has 0 aliphatic carbocycles. The van der Waals surface area contributed by atoms with E-state index in [0.717, 1.165) is 39.9 Å². The zero-order valence-electron chi connectivity index (χ0n) is 14.2. The lowest BCUT2D eigenvalue weighted by Gasteiger charge is -2.09. The van der Waals surface area contributed by atoms with E-state index in [1.165, 1.54) is 16.3 Å². The average Bonchev–Trinajstić information content (AvgIpc) is 3.03. The zero-order chi connectivity index (χ0) is 17.5. The van der Waals surface area contributed by atoms with E-state index < -0.39 is 0 Å². The van der Waals surface area contributed by atoms with Crippen LogP contribution in [0.5, 0.6) is 0 Å². The molecule has 1 heterocycles. The highest BCUT2D eigenvalue weighted by Gasteiger charge is 2.08. The van der Waals surface area contributed by atoms with E-state index >= 15 is 0 Å². The molecule has 0 radical (unpaired) electrons. The Hall–Kier alpha value is -3.46. The van der Waals surface area contributed by atoms with Crippen molar-refractivity contribution in [2.75, 3.05) is 11.1 Å². The Balaban J connectivity index is 1.51. The second kappa shape index (κ2) is 5.81. The molecular formula is C23H18N2O. The van der Waals surface area contributed by atoms with E-state index in [1.54, 1.807) is 0 Å². The first kappa shape index (κ1) is 14.8. The number of nitrogens with two attached hydrogens (primary N) is 1. The van der Waals surface area contributed by atoms with Crippen LogP contribution in [0.15, 0.2) is 83.3 Å². The van der Waals surface area contributed by atoms with Crippen LogP contribution < -0.4 is 11.1 Å². The number of rotatable bonds is 3. The molecule has 0 aliphatic heterocycles. The molecule has 0 fully saturated rings. The molecule has 0 amide bonds. The SMILES string of the molecule is Nc1ccc2oc3ccc(NCc4cccc5ccccc45)cc3c2c1. The number of hydrogen-bond donors (Lipinski definition) is 2. The van der Waals surface area contributed by atoms with Crippen molar-refractivity contribution in [2.24, 2.45) is 0 Å². The standard InChI is InChI=1S/C23H18N2O/c24-17-8-10-22-20(12-17)21-13-18(9-11-23(21)26-22)25-14-16-6-3-5-15-4-1-2-7-19(15)16/h1-13,25H,14,24H2. The monoisotopic (exact) mass is 338 g/mol. The van der Waals surface area contributed by atoms with Gasteiger partial charge in [-0.2, -0.15) is 0 Å². The van der Waals surface area contributed by atoms with Crippen molar-refractivity contribution in [3.05, 3.63) is 84.4 Å². The maximum absolute atomic E-state index is 5.94. The third-order valence-corrected chi connectivity index (χ3v) is 4.86. The second-order valence-electron chi connectivity index (χ2n) is 6.56. The summed E-state index contributed by atoms with van der Waals surface area (Å²) in [5, 5.41) is 8.22. The van der Waals surface area contributed by atoms with Crippen molar-refractivity contribution in [3.63, 3.8) is 0 Å². The van der Waals surface area contributed by atoms with Crippen LogP contribution >= 0.6 is 0 Å². The van der Waals surface area contributed by atoms with Crippen LogP contribution in [0.1, 0.15) is 5.56 Å².